The lowest BCUT2D eigenvalue weighted by Gasteiger charge is -2.18. The van der Waals surface area contributed by atoms with Crippen molar-refractivity contribution in [1.82, 2.24) is 5.32 Å². The molecular formula is C13H19Br2NO2. The third kappa shape index (κ3) is 4.53. The van der Waals surface area contributed by atoms with Crippen molar-refractivity contribution in [3.8, 4) is 5.75 Å². The molecule has 0 bridgehead atoms. The molecule has 0 heterocycles. The van der Waals surface area contributed by atoms with E-state index in [1.807, 2.05) is 12.1 Å². The molecule has 18 heavy (non-hydrogen) atoms. The summed E-state index contributed by atoms with van der Waals surface area (Å²) < 4.78 is 7.35. The summed E-state index contributed by atoms with van der Waals surface area (Å²) in [5, 5.41) is 12.4. The predicted octanol–water partition coefficient (Wildman–Crippen LogP) is 3.47. The first kappa shape index (κ1) is 16.0. The Morgan fingerprint density at radius 1 is 1.39 bits per heavy atom. The molecule has 1 atom stereocenters. The minimum absolute atomic E-state index is 0.213. The Bertz CT molecular complexity index is 385. The van der Waals surface area contributed by atoms with E-state index < -0.39 is 0 Å². The average Bonchev–Trinajstić information content (AvgIpc) is 2.33. The topological polar surface area (TPSA) is 41.5 Å². The van der Waals surface area contributed by atoms with Gasteiger partial charge in [-0.15, -0.1) is 0 Å². The van der Waals surface area contributed by atoms with E-state index >= 15 is 0 Å². The molecule has 0 saturated heterocycles. The van der Waals surface area contributed by atoms with Gasteiger partial charge in [0.15, 0.2) is 0 Å². The highest BCUT2D eigenvalue weighted by molar-refractivity contribution is 9.11. The van der Waals surface area contributed by atoms with E-state index in [9.17, 15) is 0 Å². The predicted molar refractivity (Wildman–Crippen MR) is 81.0 cm³/mol. The number of nitrogens with one attached hydrogen (secondary N) is 1. The van der Waals surface area contributed by atoms with Crippen LogP contribution in [0.2, 0.25) is 0 Å². The highest BCUT2D eigenvalue weighted by Gasteiger charge is 2.11. The van der Waals surface area contributed by atoms with Crippen molar-refractivity contribution in [2.45, 2.75) is 32.4 Å². The van der Waals surface area contributed by atoms with E-state index in [1.165, 1.54) is 0 Å². The largest absolute Gasteiger partial charge is 0.495 e. The minimum atomic E-state index is 0.213. The zero-order valence-corrected chi connectivity index (χ0v) is 13.8. The molecule has 0 aliphatic heterocycles. The Hall–Kier alpha value is -0.100. The van der Waals surface area contributed by atoms with E-state index in [1.54, 1.807) is 7.11 Å². The van der Waals surface area contributed by atoms with E-state index in [0.717, 1.165) is 39.6 Å². The third-order valence-electron chi connectivity index (χ3n) is 2.84. The number of aliphatic hydroxyl groups excluding tert-OH is 1. The summed E-state index contributed by atoms with van der Waals surface area (Å²) in [5.74, 6) is 0.851. The third-order valence-corrected chi connectivity index (χ3v) is 3.89. The summed E-state index contributed by atoms with van der Waals surface area (Å²) >= 11 is 6.97. The van der Waals surface area contributed by atoms with Gasteiger partial charge in [-0.25, -0.2) is 0 Å². The second-order valence-corrected chi connectivity index (χ2v) is 5.85. The fourth-order valence-electron chi connectivity index (χ4n) is 1.83. The first-order chi connectivity index (χ1) is 8.62. The lowest BCUT2D eigenvalue weighted by Crippen LogP contribution is -2.29. The lowest BCUT2D eigenvalue weighted by atomic mass is 10.1. The standard InChI is InChI=1S/C13H19Br2NO2/c1-3-11(4-5-17)16-8-9-6-10(14)7-12(15)13(9)18-2/h6-7,11,16-17H,3-5,8H2,1-2H3. The van der Waals surface area contributed by atoms with Gasteiger partial charge in [0.1, 0.15) is 5.75 Å². The number of halogens is 2. The van der Waals surface area contributed by atoms with Gasteiger partial charge in [-0.2, -0.15) is 0 Å². The van der Waals surface area contributed by atoms with E-state index in [4.69, 9.17) is 9.84 Å². The van der Waals surface area contributed by atoms with Gasteiger partial charge in [-0.05, 0) is 40.9 Å². The smallest absolute Gasteiger partial charge is 0.137 e. The summed E-state index contributed by atoms with van der Waals surface area (Å²) in [7, 11) is 1.67. The Morgan fingerprint density at radius 3 is 2.67 bits per heavy atom. The molecule has 1 aromatic carbocycles. The van der Waals surface area contributed by atoms with Crippen LogP contribution >= 0.6 is 31.9 Å². The zero-order chi connectivity index (χ0) is 13.5. The number of rotatable bonds is 7. The maximum absolute atomic E-state index is 8.97. The molecule has 0 aromatic heterocycles. The fourth-order valence-corrected chi connectivity index (χ4v) is 3.31. The van der Waals surface area contributed by atoms with Crippen LogP contribution in [0.4, 0.5) is 0 Å². The van der Waals surface area contributed by atoms with Gasteiger partial charge in [0, 0.05) is 29.2 Å². The molecular weight excluding hydrogens is 362 g/mol. The van der Waals surface area contributed by atoms with E-state index in [-0.39, 0.29) is 6.61 Å². The summed E-state index contributed by atoms with van der Waals surface area (Å²) in [6, 6.07) is 4.34. The van der Waals surface area contributed by atoms with Gasteiger partial charge in [0.05, 0.1) is 11.6 Å². The maximum atomic E-state index is 8.97. The monoisotopic (exact) mass is 379 g/mol. The van der Waals surface area contributed by atoms with Crippen molar-refractivity contribution in [3.05, 3.63) is 26.6 Å². The molecule has 0 amide bonds. The Morgan fingerprint density at radius 2 is 2.11 bits per heavy atom. The van der Waals surface area contributed by atoms with Gasteiger partial charge in [-0.3, -0.25) is 0 Å². The zero-order valence-electron chi connectivity index (χ0n) is 10.7. The summed E-state index contributed by atoms with van der Waals surface area (Å²) in [5.41, 5.74) is 1.09. The lowest BCUT2D eigenvalue weighted by molar-refractivity contribution is 0.261. The molecule has 2 N–H and O–H groups in total. The molecule has 102 valence electrons. The highest BCUT2D eigenvalue weighted by Crippen LogP contribution is 2.32. The van der Waals surface area contributed by atoms with Gasteiger partial charge in [0.25, 0.3) is 0 Å². The Balaban J connectivity index is 2.77. The van der Waals surface area contributed by atoms with Crippen LogP contribution in [0, 0.1) is 0 Å². The molecule has 0 aliphatic rings. The number of hydrogen-bond donors (Lipinski definition) is 2. The second kappa shape index (κ2) is 8.15. The Kier molecular flexibility index (Phi) is 7.22. The van der Waals surface area contributed by atoms with Crippen molar-refractivity contribution in [2.75, 3.05) is 13.7 Å². The molecule has 1 aromatic rings. The van der Waals surface area contributed by atoms with Crippen LogP contribution in [0.3, 0.4) is 0 Å². The minimum Gasteiger partial charge on any atom is -0.495 e. The highest BCUT2D eigenvalue weighted by atomic mass is 79.9. The summed E-state index contributed by atoms with van der Waals surface area (Å²) in [6.45, 7) is 3.05. The van der Waals surface area contributed by atoms with Crippen LogP contribution in [0.25, 0.3) is 0 Å². The number of ether oxygens (including phenoxy) is 1. The van der Waals surface area contributed by atoms with Gasteiger partial charge in [0.2, 0.25) is 0 Å². The van der Waals surface area contributed by atoms with Crippen LogP contribution in [0.15, 0.2) is 21.1 Å². The van der Waals surface area contributed by atoms with E-state index in [0.29, 0.717) is 6.04 Å². The molecule has 1 rings (SSSR count). The van der Waals surface area contributed by atoms with Gasteiger partial charge >= 0.3 is 0 Å². The summed E-state index contributed by atoms with van der Waals surface area (Å²) in [6.07, 6.45) is 1.77. The maximum Gasteiger partial charge on any atom is 0.137 e. The van der Waals surface area contributed by atoms with Crippen molar-refractivity contribution in [3.63, 3.8) is 0 Å². The van der Waals surface area contributed by atoms with Gasteiger partial charge < -0.3 is 15.2 Å². The SMILES string of the molecule is CCC(CCO)NCc1cc(Br)cc(Br)c1OC. The van der Waals surface area contributed by atoms with Crippen molar-refractivity contribution in [2.24, 2.45) is 0 Å². The normalized spacial score (nSPS) is 12.5. The van der Waals surface area contributed by atoms with Gasteiger partial charge in [-0.1, -0.05) is 22.9 Å². The van der Waals surface area contributed by atoms with Crippen molar-refractivity contribution < 1.29 is 9.84 Å². The first-order valence-corrected chi connectivity index (χ1v) is 7.57. The molecule has 0 saturated carbocycles. The van der Waals surface area contributed by atoms with Crippen molar-refractivity contribution >= 4 is 31.9 Å². The number of aliphatic hydroxyl groups is 1. The van der Waals surface area contributed by atoms with E-state index in [2.05, 4.69) is 44.1 Å². The summed E-state index contributed by atoms with van der Waals surface area (Å²) in [4.78, 5) is 0. The molecule has 5 heteroatoms. The average molecular weight is 381 g/mol. The quantitative estimate of drug-likeness (QED) is 0.760. The van der Waals surface area contributed by atoms with Crippen LogP contribution in [-0.2, 0) is 6.54 Å². The van der Waals surface area contributed by atoms with Crippen LogP contribution in [-0.4, -0.2) is 24.9 Å². The van der Waals surface area contributed by atoms with Crippen molar-refractivity contribution in [1.29, 1.82) is 0 Å². The first-order valence-electron chi connectivity index (χ1n) is 5.98. The molecule has 0 radical (unpaired) electrons. The molecule has 0 spiro atoms. The van der Waals surface area contributed by atoms with Crippen LogP contribution in [0.1, 0.15) is 25.3 Å². The number of benzene rings is 1. The molecule has 3 nitrogen and oxygen atoms in total. The number of methoxy groups -OCH3 is 1. The molecule has 1 unspecified atom stereocenters. The fraction of sp³-hybridized carbons (Fsp3) is 0.538. The van der Waals surface area contributed by atoms with Crippen LogP contribution in [0.5, 0.6) is 5.75 Å². The molecule has 0 fully saturated rings. The van der Waals surface area contributed by atoms with Crippen LogP contribution < -0.4 is 10.1 Å². The Labute approximate surface area is 125 Å². The second-order valence-electron chi connectivity index (χ2n) is 4.08. The molecule has 0 aliphatic carbocycles. The number of hydrogen-bond acceptors (Lipinski definition) is 3.